The van der Waals surface area contributed by atoms with Gasteiger partial charge in [0.05, 0.1) is 4.90 Å². The average Bonchev–Trinajstić information content (AvgIpc) is 2.40. The number of anilines is 1. The fourth-order valence-electron chi connectivity index (χ4n) is 1.61. The summed E-state index contributed by atoms with van der Waals surface area (Å²) in [5.74, 6) is 0. The molecule has 0 fully saturated rings. The lowest BCUT2D eigenvalue weighted by atomic mass is 10.3. The van der Waals surface area contributed by atoms with Crippen molar-refractivity contribution in [3.05, 3.63) is 36.9 Å². The zero-order valence-corrected chi connectivity index (χ0v) is 12.4. The number of unbranched alkanes of at least 4 members (excludes halogenated alkanes) is 1. The normalized spacial score (nSPS) is 11.5. The number of hydrogen-bond acceptors (Lipinski definition) is 3. The lowest BCUT2D eigenvalue weighted by molar-refractivity contribution is 0.499. The van der Waals surface area contributed by atoms with E-state index in [1.807, 2.05) is 0 Å². The molecule has 0 amide bonds. The van der Waals surface area contributed by atoms with Crippen LogP contribution in [0.1, 0.15) is 19.8 Å². The van der Waals surface area contributed by atoms with Crippen LogP contribution in [0.2, 0.25) is 0 Å². The highest BCUT2D eigenvalue weighted by molar-refractivity contribution is 7.89. The lowest BCUT2D eigenvalue weighted by Gasteiger charge is -2.15. The van der Waals surface area contributed by atoms with Crippen molar-refractivity contribution in [1.82, 2.24) is 4.31 Å². The van der Waals surface area contributed by atoms with E-state index in [0.717, 1.165) is 25.1 Å². The highest BCUT2D eigenvalue weighted by Crippen LogP contribution is 2.17. The first kappa shape index (κ1) is 15.7. The summed E-state index contributed by atoms with van der Waals surface area (Å²) in [6.45, 7) is 6.89. The van der Waals surface area contributed by atoms with Crippen LogP contribution in [0.15, 0.2) is 41.8 Å². The lowest BCUT2D eigenvalue weighted by Crippen LogP contribution is -2.26. The van der Waals surface area contributed by atoms with Gasteiger partial charge in [0.1, 0.15) is 0 Å². The quantitative estimate of drug-likeness (QED) is 0.589. The molecule has 0 bridgehead atoms. The zero-order chi connectivity index (χ0) is 14.3. The Morgan fingerprint density at radius 2 is 1.95 bits per heavy atom. The standard InChI is InChI=1S/C14H22N2O2S/c1-4-6-11-15-13-7-9-14(10-8-13)19(17,18)16(3)12-5-2/h5,7-10,15H,2,4,6,11-12H2,1,3H3. The molecule has 0 saturated heterocycles. The van der Waals surface area contributed by atoms with Crippen LogP contribution < -0.4 is 5.32 Å². The molecule has 19 heavy (non-hydrogen) atoms. The number of nitrogens with zero attached hydrogens (tertiary/aromatic N) is 1. The summed E-state index contributed by atoms with van der Waals surface area (Å²) in [7, 11) is -1.86. The van der Waals surface area contributed by atoms with Gasteiger partial charge in [-0.2, -0.15) is 4.31 Å². The molecule has 0 unspecified atom stereocenters. The monoisotopic (exact) mass is 282 g/mol. The summed E-state index contributed by atoms with van der Waals surface area (Å²) in [4.78, 5) is 0.304. The van der Waals surface area contributed by atoms with Crippen LogP contribution in [-0.2, 0) is 10.0 Å². The van der Waals surface area contributed by atoms with Crippen LogP contribution >= 0.6 is 0 Å². The van der Waals surface area contributed by atoms with Crippen molar-refractivity contribution in [2.24, 2.45) is 0 Å². The second kappa shape index (κ2) is 7.31. The van der Waals surface area contributed by atoms with Gasteiger partial charge >= 0.3 is 0 Å². The molecule has 0 spiro atoms. The van der Waals surface area contributed by atoms with Gasteiger partial charge in [-0.05, 0) is 30.7 Å². The van der Waals surface area contributed by atoms with Crippen molar-refractivity contribution in [2.45, 2.75) is 24.7 Å². The molecule has 4 nitrogen and oxygen atoms in total. The maximum atomic E-state index is 12.2. The topological polar surface area (TPSA) is 49.4 Å². The van der Waals surface area contributed by atoms with Crippen molar-refractivity contribution in [1.29, 1.82) is 0 Å². The van der Waals surface area contributed by atoms with E-state index in [4.69, 9.17) is 0 Å². The summed E-state index contributed by atoms with van der Waals surface area (Å²) in [5, 5.41) is 3.25. The molecule has 0 aliphatic rings. The summed E-state index contributed by atoms with van der Waals surface area (Å²) < 4.78 is 25.6. The molecule has 0 aromatic heterocycles. The van der Waals surface area contributed by atoms with E-state index in [1.165, 1.54) is 4.31 Å². The number of hydrogen-bond donors (Lipinski definition) is 1. The Kier molecular flexibility index (Phi) is 6.05. The summed E-state index contributed by atoms with van der Waals surface area (Å²) in [6.07, 6.45) is 3.80. The van der Waals surface area contributed by atoms with Crippen molar-refractivity contribution < 1.29 is 8.42 Å². The SMILES string of the molecule is C=CCN(C)S(=O)(=O)c1ccc(NCCCC)cc1. The Hall–Kier alpha value is -1.33. The van der Waals surface area contributed by atoms with Gasteiger partial charge in [-0.3, -0.25) is 0 Å². The number of nitrogens with one attached hydrogen (secondary N) is 1. The van der Waals surface area contributed by atoms with Gasteiger partial charge in [0.25, 0.3) is 0 Å². The van der Waals surface area contributed by atoms with E-state index < -0.39 is 10.0 Å². The molecule has 1 rings (SSSR count). The molecule has 0 aliphatic carbocycles. The largest absolute Gasteiger partial charge is 0.385 e. The van der Waals surface area contributed by atoms with E-state index in [9.17, 15) is 8.42 Å². The average molecular weight is 282 g/mol. The maximum absolute atomic E-state index is 12.2. The van der Waals surface area contributed by atoms with E-state index in [0.29, 0.717) is 11.4 Å². The first-order valence-corrected chi connectivity index (χ1v) is 7.87. The highest BCUT2D eigenvalue weighted by atomic mass is 32.2. The highest BCUT2D eigenvalue weighted by Gasteiger charge is 2.19. The van der Waals surface area contributed by atoms with Crippen LogP contribution in [0.4, 0.5) is 5.69 Å². The van der Waals surface area contributed by atoms with Crippen LogP contribution in [0.3, 0.4) is 0 Å². The third-order valence-corrected chi connectivity index (χ3v) is 4.65. The second-order valence-corrected chi connectivity index (χ2v) is 6.42. The molecule has 106 valence electrons. The van der Waals surface area contributed by atoms with Gasteiger partial charge in [0.2, 0.25) is 10.0 Å². The molecule has 0 atom stereocenters. The minimum Gasteiger partial charge on any atom is -0.385 e. The van der Waals surface area contributed by atoms with Gasteiger partial charge in [-0.25, -0.2) is 8.42 Å². The molecule has 0 radical (unpaired) electrons. The van der Waals surface area contributed by atoms with Gasteiger partial charge in [-0.15, -0.1) is 6.58 Å². The summed E-state index contributed by atoms with van der Waals surface area (Å²) in [6, 6.07) is 6.85. The first-order chi connectivity index (χ1) is 9.02. The summed E-state index contributed by atoms with van der Waals surface area (Å²) in [5.41, 5.74) is 0.943. The molecule has 0 aliphatic heterocycles. The molecule has 0 heterocycles. The molecule has 1 N–H and O–H groups in total. The Balaban J connectivity index is 2.77. The fourth-order valence-corrected chi connectivity index (χ4v) is 2.76. The van der Waals surface area contributed by atoms with Crippen LogP contribution in [-0.4, -0.2) is 32.9 Å². The Morgan fingerprint density at radius 1 is 1.32 bits per heavy atom. The minimum atomic E-state index is -3.41. The Bertz CT molecular complexity index is 495. The van der Waals surface area contributed by atoms with E-state index in [-0.39, 0.29) is 0 Å². The molecule has 5 heteroatoms. The van der Waals surface area contributed by atoms with E-state index in [1.54, 1.807) is 37.4 Å². The smallest absolute Gasteiger partial charge is 0.243 e. The molecule has 0 saturated carbocycles. The molecular weight excluding hydrogens is 260 g/mol. The number of rotatable bonds is 8. The predicted octanol–water partition coefficient (Wildman–Crippen LogP) is 2.71. The van der Waals surface area contributed by atoms with E-state index in [2.05, 4.69) is 18.8 Å². The third kappa shape index (κ3) is 4.36. The van der Waals surface area contributed by atoms with E-state index >= 15 is 0 Å². The van der Waals surface area contributed by atoms with Gasteiger partial charge in [0.15, 0.2) is 0 Å². The van der Waals surface area contributed by atoms with Crippen LogP contribution in [0.5, 0.6) is 0 Å². The summed E-state index contributed by atoms with van der Waals surface area (Å²) >= 11 is 0. The third-order valence-electron chi connectivity index (χ3n) is 2.81. The molecule has 1 aromatic rings. The van der Waals surface area contributed by atoms with Crippen molar-refractivity contribution in [2.75, 3.05) is 25.5 Å². The number of benzene rings is 1. The Labute approximate surface area is 116 Å². The van der Waals surface area contributed by atoms with Crippen molar-refractivity contribution in [3.63, 3.8) is 0 Å². The Morgan fingerprint density at radius 3 is 2.47 bits per heavy atom. The van der Waals surface area contributed by atoms with Gasteiger partial charge < -0.3 is 5.32 Å². The van der Waals surface area contributed by atoms with Crippen molar-refractivity contribution in [3.8, 4) is 0 Å². The second-order valence-electron chi connectivity index (χ2n) is 4.38. The molecule has 1 aromatic carbocycles. The molecular formula is C14H22N2O2S. The first-order valence-electron chi connectivity index (χ1n) is 6.43. The maximum Gasteiger partial charge on any atom is 0.243 e. The van der Waals surface area contributed by atoms with Crippen molar-refractivity contribution >= 4 is 15.7 Å². The van der Waals surface area contributed by atoms with Crippen LogP contribution in [0.25, 0.3) is 0 Å². The predicted molar refractivity (Wildman–Crippen MR) is 79.9 cm³/mol. The fraction of sp³-hybridized carbons (Fsp3) is 0.429. The zero-order valence-electron chi connectivity index (χ0n) is 11.6. The number of sulfonamides is 1. The van der Waals surface area contributed by atoms with Gasteiger partial charge in [0, 0.05) is 25.8 Å². The number of likely N-dealkylation sites (N-methyl/N-ethyl adjacent to an activating group) is 1. The minimum absolute atomic E-state index is 0.304. The van der Waals surface area contributed by atoms with Gasteiger partial charge in [-0.1, -0.05) is 19.4 Å². The van der Waals surface area contributed by atoms with Crippen LogP contribution in [0, 0.1) is 0 Å².